The van der Waals surface area contributed by atoms with Crippen molar-refractivity contribution in [1.29, 1.82) is 0 Å². The van der Waals surface area contributed by atoms with Gasteiger partial charge in [0, 0.05) is 18.3 Å². The number of carbonyl (C=O) groups excluding carboxylic acids is 1. The number of thiophene rings is 1. The number of carbonyl (C=O) groups is 1. The maximum Gasteiger partial charge on any atom is 0.250 e. The van der Waals surface area contributed by atoms with Gasteiger partial charge in [0.05, 0.1) is 6.04 Å². The average molecular weight is 465 g/mol. The van der Waals surface area contributed by atoms with Crippen molar-refractivity contribution in [2.45, 2.75) is 30.0 Å². The highest BCUT2D eigenvalue weighted by molar-refractivity contribution is 7.91. The molecule has 0 fully saturated rings. The lowest BCUT2D eigenvalue weighted by Gasteiger charge is -2.19. The molecule has 1 amide bonds. The van der Waals surface area contributed by atoms with Gasteiger partial charge in [0.1, 0.15) is 15.8 Å². The van der Waals surface area contributed by atoms with Crippen LogP contribution in [0.15, 0.2) is 64.9 Å². The lowest BCUT2D eigenvalue weighted by Crippen LogP contribution is -2.29. The molecule has 2 N–H and O–H groups in total. The van der Waals surface area contributed by atoms with Crippen molar-refractivity contribution in [3.05, 3.63) is 88.3 Å². The predicted octanol–water partition coefficient (Wildman–Crippen LogP) is 3.97. The molecule has 0 spiro atoms. The van der Waals surface area contributed by atoms with E-state index < -0.39 is 27.7 Å². The molecule has 1 unspecified atom stereocenters. The number of amides is 1. The third-order valence-electron chi connectivity index (χ3n) is 4.52. The van der Waals surface area contributed by atoms with E-state index in [4.69, 9.17) is 0 Å². The van der Waals surface area contributed by atoms with Gasteiger partial charge in [-0.1, -0.05) is 24.3 Å². The van der Waals surface area contributed by atoms with Gasteiger partial charge in [0.25, 0.3) is 10.0 Å². The zero-order chi connectivity index (χ0) is 22.4. The largest absolute Gasteiger partial charge is 0.356 e. The molecule has 5 nitrogen and oxygen atoms in total. The van der Waals surface area contributed by atoms with Crippen LogP contribution in [-0.2, 0) is 27.7 Å². The second kappa shape index (κ2) is 10.1. The van der Waals surface area contributed by atoms with Crippen LogP contribution in [0.5, 0.6) is 0 Å². The highest BCUT2D eigenvalue weighted by atomic mass is 32.2. The van der Waals surface area contributed by atoms with Crippen molar-refractivity contribution in [3.8, 4) is 0 Å². The fourth-order valence-electron chi connectivity index (χ4n) is 3.09. The predicted molar refractivity (Wildman–Crippen MR) is 116 cm³/mol. The maximum absolute atomic E-state index is 13.8. The minimum absolute atomic E-state index is 0.117. The molecule has 164 valence electrons. The second-order valence-electron chi connectivity index (χ2n) is 7.02. The zero-order valence-electron chi connectivity index (χ0n) is 16.8. The molecule has 0 aliphatic heterocycles. The summed E-state index contributed by atoms with van der Waals surface area (Å²) in [5.41, 5.74) is 1.02. The highest BCUT2D eigenvalue weighted by Gasteiger charge is 2.24. The Bertz CT molecular complexity index is 1160. The molecule has 0 radical (unpaired) electrons. The monoisotopic (exact) mass is 464 g/mol. The van der Waals surface area contributed by atoms with Gasteiger partial charge in [0.15, 0.2) is 0 Å². The van der Waals surface area contributed by atoms with E-state index in [1.165, 1.54) is 43.3 Å². The molecule has 0 aliphatic rings. The summed E-state index contributed by atoms with van der Waals surface area (Å²) in [7, 11) is -3.91. The molecular formula is C22H22F2N2O3S2. The molecule has 0 bridgehead atoms. The number of rotatable bonds is 9. The Morgan fingerprint density at radius 1 is 1.03 bits per heavy atom. The van der Waals surface area contributed by atoms with E-state index in [2.05, 4.69) is 10.0 Å². The molecule has 1 atom stereocenters. The lowest BCUT2D eigenvalue weighted by molar-refractivity contribution is -0.118. The van der Waals surface area contributed by atoms with Crippen LogP contribution in [0.3, 0.4) is 0 Å². The van der Waals surface area contributed by atoms with E-state index >= 15 is 0 Å². The minimum atomic E-state index is -3.91. The van der Waals surface area contributed by atoms with Crippen molar-refractivity contribution in [2.24, 2.45) is 0 Å². The van der Waals surface area contributed by atoms with E-state index in [0.29, 0.717) is 24.1 Å². The molecule has 31 heavy (non-hydrogen) atoms. The van der Waals surface area contributed by atoms with Gasteiger partial charge >= 0.3 is 0 Å². The Morgan fingerprint density at radius 2 is 1.74 bits per heavy atom. The Balaban J connectivity index is 1.82. The first-order valence-electron chi connectivity index (χ1n) is 9.58. The Hall–Kier alpha value is -2.62. The average Bonchev–Trinajstić information content (AvgIpc) is 3.17. The number of halogens is 2. The van der Waals surface area contributed by atoms with Gasteiger partial charge in [-0.2, -0.15) is 0 Å². The van der Waals surface area contributed by atoms with Crippen molar-refractivity contribution in [1.82, 2.24) is 10.0 Å². The van der Waals surface area contributed by atoms with Crippen LogP contribution in [-0.4, -0.2) is 20.9 Å². The molecule has 0 aliphatic carbocycles. The lowest BCUT2D eigenvalue weighted by atomic mass is 9.99. The molecule has 1 heterocycles. The summed E-state index contributed by atoms with van der Waals surface area (Å²) in [6.45, 7) is 1.83. The van der Waals surface area contributed by atoms with Crippen molar-refractivity contribution in [3.63, 3.8) is 0 Å². The summed E-state index contributed by atoms with van der Waals surface area (Å²) in [6, 6.07) is 13.9. The van der Waals surface area contributed by atoms with Crippen LogP contribution < -0.4 is 10.0 Å². The molecule has 9 heteroatoms. The number of nitrogens with one attached hydrogen (secondary N) is 2. The summed E-state index contributed by atoms with van der Waals surface area (Å²) in [5.74, 6) is -1.07. The summed E-state index contributed by atoms with van der Waals surface area (Å²) in [6.07, 6.45) is 0.664. The van der Waals surface area contributed by atoms with Gasteiger partial charge in [-0.05, 0) is 60.4 Å². The van der Waals surface area contributed by atoms with Gasteiger partial charge in [0.2, 0.25) is 5.91 Å². The van der Waals surface area contributed by atoms with E-state index in [-0.39, 0.29) is 16.5 Å². The Labute approximate surface area is 184 Å². The van der Waals surface area contributed by atoms with Crippen LogP contribution in [0.2, 0.25) is 0 Å². The molecule has 0 saturated carbocycles. The Kier molecular flexibility index (Phi) is 7.53. The van der Waals surface area contributed by atoms with Crippen molar-refractivity contribution < 1.29 is 22.0 Å². The maximum atomic E-state index is 13.8. The first-order valence-corrected chi connectivity index (χ1v) is 11.9. The van der Waals surface area contributed by atoms with Gasteiger partial charge in [-0.15, -0.1) is 11.3 Å². The fourth-order valence-corrected chi connectivity index (χ4v) is 5.69. The highest BCUT2D eigenvalue weighted by Crippen LogP contribution is 2.26. The molecular weight excluding hydrogens is 442 g/mol. The van der Waals surface area contributed by atoms with Crippen LogP contribution in [0.4, 0.5) is 8.78 Å². The Morgan fingerprint density at radius 3 is 2.42 bits per heavy atom. The van der Waals surface area contributed by atoms with Gasteiger partial charge in [-0.25, -0.2) is 21.9 Å². The molecule has 2 aromatic carbocycles. The molecule has 0 saturated heterocycles. The minimum Gasteiger partial charge on any atom is -0.356 e. The van der Waals surface area contributed by atoms with Gasteiger partial charge < -0.3 is 5.32 Å². The second-order valence-corrected chi connectivity index (χ2v) is 10.1. The fraction of sp³-hybridized carbons (Fsp3) is 0.227. The third kappa shape index (κ3) is 6.68. The standard InChI is InChI=1S/C22H22F2N2O3S2/c1-15(27)25-11-10-20-8-9-22(30-20)31(28,29)26-21(17-5-3-7-19(24)14-17)13-16-4-2-6-18(23)12-16/h2-9,12,14,21,26H,10-11,13H2,1H3,(H,25,27). The summed E-state index contributed by atoms with van der Waals surface area (Å²) >= 11 is 1.10. The molecule has 3 aromatic rings. The number of benzene rings is 2. The number of sulfonamides is 1. The first-order chi connectivity index (χ1) is 14.7. The van der Waals surface area contributed by atoms with Crippen LogP contribution >= 0.6 is 11.3 Å². The first kappa shape index (κ1) is 23.1. The normalized spacial score (nSPS) is 12.5. The third-order valence-corrected chi connectivity index (χ3v) is 7.63. The van der Waals surface area contributed by atoms with Crippen molar-refractivity contribution in [2.75, 3.05) is 6.54 Å². The van der Waals surface area contributed by atoms with Crippen LogP contribution in [0, 0.1) is 11.6 Å². The summed E-state index contributed by atoms with van der Waals surface area (Å²) in [4.78, 5) is 11.8. The number of hydrogen-bond donors (Lipinski definition) is 2. The summed E-state index contributed by atoms with van der Waals surface area (Å²) in [5, 5.41) is 2.67. The van der Waals surface area contributed by atoms with E-state index in [1.807, 2.05) is 0 Å². The summed E-state index contributed by atoms with van der Waals surface area (Å²) < 4.78 is 56.2. The quantitative estimate of drug-likeness (QED) is 0.503. The van der Waals surface area contributed by atoms with Crippen molar-refractivity contribution >= 4 is 27.3 Å². The van der Waals surface area contributed by atoms with E-state index in [9.17, 15) is 22.0 Å². The SMILES string of the molecule is CC(=O)NCCc1ccc(S(=O)(=O)NC(Cc2cccc(F)c2)c2cccc(F)c2)s1. The smallest absolute Gasteiger partial charge is 0.250 e. The van der Waals surface area contributed by atoms with Crippen LogP contribution in [0.25, 0.3) is 0 Å². The van der Waals surface area contributed by atoms with E-state index in [1.54, 1.807) is 24.3 Å². The van der Waals surface area contributed by atoms with Gasteiger partial charge in [-0.3, -0.25) is 4.79 Å². The zero-order valence-corrected chi connectivity index (χ0v) is 18.4. The van der Waals surface area contributed by atoms with E-state index in [0.717, 1.165) is 16.2 Å². The topological polar surface area (TPSA) is 75.3 Å². The molecule has 1 aromatic heterocycles. The number of hydrogen-bond acceptors (Lipinski definition) is 4. The molecule has 3 rings (SSSR count). The van der Waals surface area contributed by atoms with Crippen LogP contribution in [0.1, 0.15) is 29.0 Å².